The van der Waals surface area contributed by atoms with Crippen LogP contribution in [0.3, 0.4) is 0 Å². The lowest BCUT2D eigenvalue weighted by Gasteiger charge is -2.22. The summed E-state index contributed by atoms with van der Waals surface area (Å²) in [4.78, 5) is 4.00. The van der Waals surface area contributed by atoms with Crippen LogP contribution in [0.4, 0.5) is 5.69 Å². The molecule has 1 aliphatic rings. The lowest BCUT2D eigenvalue weighted by molar-refractivity contribution is 0.373. The summed E-state index contributed by atoms with van der Waals surface area (Å²) >= 11 is 0. The van der Waals surface area contributed by atoms with Gasteiger partial charge in [-0.25, -0.2) is 0 Å². The third-order valence-corrected chi connectivity index (χ3v) is 3.00. The van der Waals surface area contributed by atoms with E-state index in [9.17, 15) is 0 Å². The van der Waals surface area contributed by atoms with Gasteiger partial charge in [0.2, 0.25) is 0 Å². The fourth-order valence-electron chi connectivity index (χ4n) is 2.12. The molecule has 1 heterocycles. The number of anilines is 1. The Hall–Kier alpha value is -0.470. The molecule has 4 heteroatoms. The second-order valence-corrected chi connectivity index (χ2v) is 4.12. The monoisotopic (exact) mass is 262 g/mol. The second-order valence-electron chi connectivity index (χ2n) is 4.12. The second kappa shape index (κ2) is 8.66. The first kappa shape index (κ1) is 15.5. The average Bonchev–Trinajstić information content (AvgIpc) is 2.29. The molecule has 92 valence electrons. The molecule has 1 saturated carbocycles. The normalized spacial score (nSPS) is 15.8. The summed E-state index contributed by atoms with van der Waals surface area (Å²) in [6.45, 7) is 1.13. The highest BCUT2D eigenvalue weighted by molar-refractivity contribution is 5.85. The zero-order chi connectivity index (χ0) is 9.64. The molecule has 1 aromatic heterocycles. The third-order valence-electron chi connectivity index (χ3n) is 3.00. The number of nitrogens with one attached hydrogen (secondary N) is 1. The highest BCUT2D eigenvalue weighted by Gasteiger charge is 2.12. The number of rotatable bonds is 3. The van der Waals surface area contributed by atoms with Crippen molar-refractivity contribution in [1.29, 1.82) is 0 Å². The lowest BCUT2D eigenvalue weighted by Crippen LogP contribution is -2.16. The molecule has 0 radical (unpaired) electrons. The van der Waals surface area contributed by atoms with Crippen LogP contribution in [0, 0.1) is 5.92 Å². The van der Waals surface area contributed by atoms with Crippen LogP contribution in [0.15, 0.2) is 24.5 Å². The van der Waals surface area contributed by atoms with E-state index in [0.29, 0.717) is 0 Å². The van der Waals surface area contributed by atoms with Crippen molar-refractivity contribution in [3.8, 4) is 0 Å². The minimum absolute atomic E-state index is 0. The predicted molar refractivity (Wildman–Crippen MR) is 73.8 cm³/mol. The Kier molecular flexibility index (Phi) is 8.40. The molecule has 0 aliphatic heterocycles. The van der Waals surface area contributed by atoms with Crippen LogP contribution in [0.2, 0.25) is 0 Å². The van der Waals surface area contributed by atoms with Crippen molar-refractivity contribution in [3.05, 3.63) is 24.5 Å². The maximum atomic E-state index is 4.00. The molecule has 1 aromatic rings. The number of nitrogens with zero attached hydrogens (tertiary/aromatic N) is 1. The van der Waals surface area contributed by atoms with Crippen molar-refractivity contribution in [2.45, 2.75) is 32.1 Å². The Morgan fingerprint density at radius 3 is 2.31 bits per heavy atom. The van der Waals surface area contributed by atoms with Gasteiger partial charge in [0, 0.05) is 24.6 Å². The summed E-state index contributed by atoms with van der Waals surface area (Å²) in [5, 5.41) is 3.47. The van der Waals surface area contributed by atoms with E-state index in [4.69, 9.17) is 0 Å². The average molecular weight is 263 g/mol. The number of pyridine rings is 1. The minimum Gasteiger partial charge on any atom is -0.385 e. The molecule has 0 atom stereocenters. The zero-order valence-corrected chi connectivity index (χ0v) is 11.0. The van der Waals surface area contributed by atoms with Crippen molar-refractivity contribution in [3.63, 3.8) is 0 Å². The summed E-state index contributed by atoms with van der Waals surface area (Å²) in [5.74, 6) is 0.886. The van der Waals surface area contributed by atoms with E-state index in [1.807, 2.05) is 24.5 Å². The lowest BCUT2D eigenvalue weighted by atomic mass is 9.89. The molecule has 16 heavy (non-hydrogen) atoms. The van der Waals surface area contributed by atoms with Crippen LogP contribution in [0.25, 0.3) is 0 Å². The number of aromatic nitrogens is 1. The van der Waals surface area contributed by atoms with Crippen LogP contribution in [0.1, 0.15) is 32.1 Å². The summed E-state index contributed by atoms with van der Waals surface area (Å²) in [6.07, 6.45) is 10.7. The SMILES string of the molecule is Cl.Cl.c1cc(NCC2CCCCC2)ccn1. The molecule has 1 fully saturated rings. The molecule has 0 saturated heterocycles. The topological polar surface area (TPSA) is 24.9 Å². The van der Waals surface area contributed by atoms with Gasteiger partial charge in [-0.2, -0.15) is 0 Å². The fraction of sp³-hybridized carbons (Fsp3) is 0.583. The zero-order valence-electron chi connectivity index (χ0n) is 9.39. The number of hydrogen-bond acceptors (Lipinski definition) is 2. The van der Waals surface area contributed by atoms with E-state index in [1.165, 1.54) is 37.8 Å². The Morgan fingerprint density at radius 1 is 1.06 bits per heavy atom. The molecule has 0 amide bonds. The van der Waals surface area contributed by atoms with Crippen LogP contribution < -0.4 is 5.32 Å². The van der Waals surface area contributed by atoms with Gasteiger partial charge < -0.3 is 5.32 Å². The van der Waals surface area contributed by atoms with Gasteiger partial charge in [-0.3, -0.25) is 4.98 Å². The minimum atomic E-state index is 0. The first-order chi connectivity index (χ1) is 6.95. The number of hydrogen-bond donors (Lipinski definition) is 1. The first-order valence-corrected chi connectivity index (χ1v) is 5.59. The molecular weight excluding hydrogens is 243 g/mol. The van der Waals surface area contributed by atoms with E-state index >= 15 is 0 Å². The highest BCUT2D eigenvalue weighted by Crippen LogP contribution is 2.23. The van der Waals surface area contributed by atoms with Gasteiger partial charge in [0.15, 0.2) is 0 Å². The largest absolute Gasteiger partial charge is 0.385 e. The van der Waals surface area contributed by atoms with Gasteiger partial charge in [0.25, 0.3) is 0 Å². The van der Waals surface area contributed by atoms with Crippen LogP contribution in [-0.4, -0.2) is 11.5 Å². The van der Waals surface area contributed by atoms with Gasteiger partial charge in [-0.05, 0) is 30.9 Å². The van der Waals surface area contributed by atoms with E-state index in [-0.39, 0.29) is 24.8 Å². The molecule has 0 bridgehead atoms. The smallest absolute Gasteiger partial charge is 0.0371 e. The van der Waals surface area contributed by atoms with Gasteiger partial charge in [0.1, 0.15) is 0 Å². The Bertz CT molecular complexity index is 261. The highest BCUT2D eigenvalue weighted by atomic mass is 35.5. The maximum Gasteiger partial charge on any atom is 0.0371 e. The summed E-state index contributed by atoms with van der Waals surface area (Å²) < 4.78 is 0. The standard InChI is InChI=1S/C12H18N2.2ClH/c1-2-4-11(5-3-1)10-14-12-6-8-13-9-7-12;;/h6-9,11H,1-5,10H2,(H,13,14);2*1H. The summed E-state index contributed by atoms with van der Waals surface area (Å²) in [7, 11) is 0. The van der Waals surface area contributed by atoms with Gasteiger partial charge in [0.05, 0.1) is 0 Å². The Labute approximate surface area is 110 Å². The van der Waals surface area contributed by atoms with Crippen LogP contribution in [0.5, 0.6) is 0 Å². The molecule has 0 spiro atoms. The summed E-state index contributed by atoms with van der Waals surface area (Å²) in [6, 6.07) is 4.06. The van der Waals surface area contributed by atoms with Gasteiger partial charge in [-0.15, -0.1) is 24.8 Å². The third kappa shape index (κ3) is 5.04. The maximum absolute atomic E-state index is 4.00. The molecule has 0 aromatic carbocycles. The van der Waals surface area contributed by atoms with Gasteiger partial charge >= 0.3 is 0 Å². The quantitative estimate of drug-likeness (QED) is 0.894. The van der Waals surface area contributed by atoms with Crippen molar-refractivity contribution in [2.24, 2.45) is 5.92 Å². The van der Waals surface area contributed by atoms with E-state index in [0.717, 1.165) is 12.5 Å². The van der Waals surface area contributed by atoms with Gasteiger partial charge in [-0.1, -0.05) is 19.3 Å². The Morgan fingerprint density at radius 2 is 1.69 bits per heavy atom. The van der Waals surface area contributed by atoms with Crippen molar-refractivity contribution in [1.82, 2.24) is 4.98 Å². The fourth-order valence-corrected chi connectivity index (χ4v) is 2.12. The Balaban J connectivity index is 0.00000112. The molecule has 2 rings (SSSR count). The van der Waals surface area contributed by atoms with Crippen molar-refractivity contribution >= 4 is 30.5 Å². The van der Waals surface area contributed by atoms with E-state index in [1.54, 1.807) is 0 Å². The molecule has 0 unspecified atom stereocenters. The van der Waals surface area contributed by atoms with Crippen LogP contribution >= 0.6 is 24.8 Å². The van der Waals surface area contributed by atoms with Crippen LogP contribution in [-0.2, 0) is 0 Å². The molecule has 2 nitrogen and oxygen atoms in total. The van der Waals surface area contributed by atoms with E-state index in [2.05, 4.69) is 10.3 Å². The molecular formula is C12H20Cl2N2. The van der Waals surface area contributed by atoms with Crippen molar-refractivity contribution < 1.29 is 0 Å². The summed E-state index contributed by atoms with van der Waals surface area (Å²) in [5.41, 5.74) is 1.20. The van der Waals surface area contributed by atoms with Crippen molar-refractivity contribution in [2.75, 3.05) is 11.9 Å². The van der Waals surface area contributed by atoms with E-state index < -0.39 is 0 Å². The predicted octanol–water partition coefficient (Wildman–Crippen LogP) is 3.92. The molecule has 1 N–H and O–H groups in total. The first-order valence-electron chi connectivity index (χ1n) is 5.59. The number of halogens is 2. The molecule has 1 aliphatic carbocycles.